The van der Waals surface area contributed by atoms with E-state index in [0.717, 1.165) is 29.2 Å². The van der Waals surface area contributed by atoms with E-state index in [4.69, 9.17) is 15.1 Å². The Labute approximate surface area is 117 Å². The van der Waals surface area contributed by atoms with Gasteiger partial charge in [0.25, 0.3) is 0 Å². The lowest BCUT2D eigenvalue weighted by molar-refractivity contribution is 0.574. The highest BCUT2D eigenvalue weighted by molar-refractivity contribution is 5.80. The van der Waals surface area contributed by atoms with Gasteiger partial charge >= 0.3 is 0 Å². The third-order valence-electron chi connectivity index (χ3n) is 4.48. The van der Waals surface area contributed by atoms with Crippen molar-refractivity contribution < 1.29 is 4.42 Å². The molecule has 102 valence electrons. The van der Waals surface area contributed by atoms with Gasteiger partial charge in [0.15, 0.2) is 11.6 Å². The third-order valence-corrected chi connectivity index (χ3v) is 4.48. The first-order valence-electron chi connectivity index (χ1n) is 6.94. The summed E-state index contributed by atoms with van der Waals surface area (Å²) in [6.45, 7) is 0.719. The number of hydrogen-bond donors (Lipinski definition) is 1. The lowest BCUT2D eigenvalue weighted by Gasteiger charge is -2.12. The average molecular weight is 267 g/mol. The van der Waals surface area contributed by atoms with Crippen LogP contribution in [0.4, 0.5) is 0 Å². The molecular weight excluding hydrogens is 250 g/mol. The summed E-state index contributed by atoms with van der Waals surface area (Å²) in [4.78, 5) is 4.72. The third kappa shape index (κ3) is 1.55. The van der Waals surface area contributed by atoms with Gasteiger partial charge in [-0.15, -0.1) is 0 Å². The van der Waals surface area contributed by atoms with Crippen LogP contribution in [0.5, 0.6) is 0 Å². The van der Waals surface area contributed by atoms with Gasteiger partial charge in [0.2, 0.25) is 0 Å². The summed E-state index contributed by atoms with van der Waals surface area (Å²) in [6, 6.07) is 10.3. The van der Waals surface area contributed by atoms with Crippen LogP contribution < -0.4 is 5.73 Å². The van der Waals surface area contributed by atoms with Crippen molar-refractivity contribution in [3.8, 4) is 11.6 Å². The molecule has 0 amide bonds. The SMILES string of the molecule is Cn1c(-c2ccco2)nc2cc(C3(CN)CC3)ccc21. The Bertz CT molecular complexity index is 766. The molecule has 1 aliphatic rings. The van der Waals surface area contributed by atoms with E-state index in [2.05, 4.69) is 22.8 Å². The van der Waals surface area contributed by atoms with Crippen molar-refractivity contribution >= 4 is 11.0 Å². The van der Waals surface area contributed by atoms with Crippen molar-refractivity contribution in [2.24, 2.45) is 12.8 Å². The van der Waals surface area contributed by atoms with Crippen LogP contribution in [0.1, 0.15) is 18.4 Å². The zero-order valence-electron chi connectivity index (χ0n) is 11.5. The van der Waals surface area contributed by atoms with Gasteiger partial charge in [-0.05, 0) is 42.7 Å². The molecule has 1 aliphatic carbocycles. The van der Waals surface area contributed by atoms with Crippen molar-refractivity contribution in [2.75, 3.05) is 6.54 Å². The summed E-state index contributed by atoms with van der Waals surface area (Å²) in [6.07, 6.45) is 4.05. The number of imidazole rings is 1. The highest BCUT2D eigenvalue weighted by atomic mass is 16.3. The maximum atomic E-state index is 5.92. The summed E-state index contributed by atoms with van der Waals surface area (Å²) in [5.41, 5.74) is 9.57. The molecule has 1 saturated carbocycles. The van der Waals surface area contributed by atoms with Crippen LogP contribution in [0.15, 0.2) is 41.0 Å². The van der Waals surface area contributed by atoms with Crippen LogP contribution in [0.25, 0.3) is 22.6 Å². The molecule has 20 heavy (non-hydrogen) atoms. The molecule has 0 saturated heterocycles. The fourth-order valence-corrected chi connectivity index (χ4v) is 2.92. The summed E-state index contributed by atoms with van der Waals surface area (Å²) in [5.74, 6) is 1.66. The lowest BCUT2D eigenvalue weighted by atomic mass is 9.96. The number of hydrogen-bond acceptors (Lipinski definition) is 3. The van der Waals surface area contributed by atoms with E-state index in [-0.39, 0.29) is 5.41 Å². The average Bonchev–Trinajstić information content (AvgIpc) is 2.95. The van der Waals surface area contributed by atoms with Crippen LogP contribution in [-0.4, -0.2) is 16.1 Å². The predicted octanol–water partition coefficient (Wildman–Crippen LogP) is 2.82. The van der Waals surface area contributed by atoms with Crippen LogP contribution >= 0.6 is 0 Å². The smallest absolute Gasteiger partial charge is 0.176 e. The Morgan fingerprint density at radius 3 is 2.85 bits per heavy atom. The van der Waals surface area contributed by atoms with Crippen LogP contribution in [0.3, 0.4) is 0 Å². The number of fused-ring (bicyclic) bond motifs is 1. The Hall–Kier alpha value is -2.07. The Kier molecular flexibility index (Phi) is 2.32. The number of aryl methyl sites for hydroxylation is 1. The number of nitrogens with two attached hydrogens (primary N) is 1. The first-order chi connectivity index (χ1) is 9.73. The largest absolute Gasteiger partial charge is 0.461 e. The Morgan fingerprint density at radius 2 is 2.20 bits per heavy atom. The predicted molar refractivity (Wildman–Crippen MR) is 78.4 cm³/mol. The second kappa shape index (κ2) is 3.96. The first-order valence-corrected chi connectivity index (χ1v) is 6.94. The zero-order chi connectivity index (χ0) is 13.7. The summed E-state index contributed by atoms with van der Waals surface area (Å²) < 4.78 is 7.53. The molecule has 2 N–H and O–H groups in total. The van der Waals surface area contributed by atoms with E-state index < -0.39 is 0 Å². The highest BCUT2D eigenvalue weighted by Gasteiger charge is 2.42. The molecule has 1 fully saturated rings. The van der Waals surface area contributed by atoms with E-state index in [1.54, 1.807) is 6.26 Å². The second-order valence-electron chi connectivity index (χ2n) is 5.66. The quantitative estimate of drug-likeness (QED) is 0.794. The van der Waals surface area contributed by atoms with Gasteiger partial charge < -0.3 is 14.7 Å². The number of aromatic nitrogens is 2. The summed E-state index contributed by atoms with van der Waals surface area (Å²) >= 11 is 0. The fourth-order valence-electron chi connectivity index (χ4n) is 2.92. The Morgan fingerprint density at radius 1 is 1.35 bits per heavy atom. The van der Waals surface area contributed by atoms with E-state index in [1.807, 2.05) is 19.2 Å². The molecule has 4 heteroatoms. The lowest BCUT2D eigenvalue weighted by Crippen LogP contribution is -2.19. The zero-order valence-corrected chi connectivity index (χ0v) is 11.5. The molecule has 2 heterocycles. The molecule has 4 rings (SSSR count). The maximum Gasteiger partial charge on any atom is 0.176 e. The minimum Gasteiger partial charge on any atom is -0.461 e. The minimum atomic E-state index is 0.205. The molecule has 4 nitrogen and oxygen atoms in total. The van der Waals surface area contributed by atoms with Gasteiger partial charge in [0.1, 0.15) is 0 Å². The van der Waals surface area contributed by atoms with Crippen molar-refractivity contribution in [1.82, 2.24) is 9.55 Å². The van der Waals surface area contributed by atoms with E-state index >= 15 is 0 Å². The number of benzene rings is 1. The molecule has 0 unspecified atom stereocenters. The van der Waals surface area contributed by atoms with Gasteiger partial charge in [-0.2, -0.15) is 0 Å². The standard InChI is InChI=1S/C16H17N3O/c1-19-13-5-4-11(16(10-17)6-7-16)9-12(13)18-15(19)14-3-2-8-20-14/h2-5,8-9H,6-7,10,17H2,1H3. The second-order valence-corrected chi connectivity index (χ2v) is 5.66. The molecule has 0 radical (unpaired) electrons. The summed E-state index contributed by atoms with van der Waals surface area (Å²) in [5, 5.41) is 0. The molecule has 0 spiro atoms. The van der Waals surface area contributed by atoms with Crippen molar-refractivity contribution in [2.45, 2.75) is 18.3 Å². The molecule has 1 aromatic carbocycles. The van der Waals surface area contributed by atoms with E-state index in [1.165, 1.54) is 18.4 Å². The van der Waals surface area contributed by atoms with E-state index in [0.29, 0.717) is 0 Å². The highest BCUT2D eigenvalue weighted by Crippen LogP contribution is 2.47. The Balaban J connectivity index is 1.88. The monoisotopic (exact) mass is 267 g/mol. The van der Waals surface area contributed by atoms with Gasteiger partial charge in [-0.3, -0.25) is 0 Å². The van der Waals surface area contributed by atoms with Gasteiger partial charge in [-0.1, -0.05) is 6.07 Å². The summed E-state index contributed by atoms with van der Waals surface area (Å²) in [7, 11) is 2.02. The van der Waals surface area contributed by atoms with Crippen LogP contribution in [0.2, 0.25) is 0 Å². The van der Waals surface area contributed by atoms with Gasteiger partial charge in [-0.25, -0.2) is 4.98 Å². The minimum absolute atomic E-state index is 0.205. The molecule has 3 aromatic rings. The molecule has 0 atom stereocenters. The van der Waals surface area contributed by atoms with Gasteiger partial charge in [0.05, 0.1) is 17.3 Å². The maximum absolute atomic E-state index is 5.92. The molecule has 0 aliphatic heterocycles. The van der Waals surface area contributed by atoms with Crippen molar-refractivity contribution in [3.05, 3.63) is 42.2 Å². The number of rotatable bonds is 3. The molecule has 0 bridgehead atoms. The normalized spacial score (nSPS) is 16.7. The van der Waals surface area contributed by atoms with Crippen LogP contribution in [0, 0.1) is 0 Å². The van der Waals surface area contributed by atoms with Crippen LogP contribution in [-0.2, 0) is 12.5 Å². The number of furan rings is 1. The first kappa shape index (κ1) is 11.7. The fraction of sp³-hybridized carbons (Fsp3) is 0.312. The molecular formula is C16H17N3O. The molecule has 2 aromatic heterocycles. The van der Waals surface area contributed by atoms with E-state index in [9.17, 15) is 0 Å². The van der Waals surface area contributed by atoms with Gasteiger partial charge in [0, 0.05) is 19.0 Å². The van der Waals surface area contributed by atoms with Crippen molar-refractivity contribution in [3.63, 3.8) is 0 Å². The number of nitrogens with zero attached hydrogens (tertiary/aromatic N) is 2. The van der Waals surface area contributed by atoms with Crippen molar-refractivity contribution in [1.29, 1.82) is 0 Å². The topological polar surface area (TPSA) is 57.0 Å².